The fourth-order valence-electron chi connectivity index (χ4n) is 3.14. The molecule has 0 spiro atoms. The van der Waals surface area contributed by atoms with Gasteiger partial charge in [-0.25, -0.2) is 4.79 Å². The molecule has 2 unspecified atom stereocenters. The number of benzene rings is 1. The van der Waals surface area contributed by atoms with Crippen molar-refractivity contribution in [3.63, 3.8) is 0 Å². The number of carbonyl (C=O) groups excluding carboxylic acids is 1. The fraction of sp³-hybridized carbons (Fsp3) is 0.556. The number of nitrogens with zero attached hydrogens (tertiary/aromatic N) is 1. The molecule has 2 rings (SSSR count). The number of piperidine rings is 1. The molecule has 1 amide bonds. The van der Waals surface area contributed by atoms with Crippen LogP contribution in [0, 0.1) is 0 Å². The van der Waals surface area contributed by atoms with Crippen LogP contribution in [-0.2, 0) is 4.79 Å². The Labute approximate surface area is 142 Å². The zero-order valence-corrected chi connectivity index (χ0v) is 14.4. The van der Waals surface area contributed by atoms with Crippen LogP contribution in [-0.4, -0.2) is 47.2 Å². The van der Waals surface area contributed by atoms with Crippen LogP contribution in [0.1, 0.15) is 50.4 Å². The molecule has 1 N–H and O–H groups in total. The Morgan fingerprint density at radius 2 is 1.83 bits per heavy atom. The Morgan fingerprint density at radius 1 is 1.17 bits per heavy atom. The van der Waals surface area contributed by atoms with Crippen LogP contribution in [0.15, 0.2) is 18.2 Å². The molecule has 0 radical (unpaired) electrons. The molecule has 1 aromatic carbocycles. The maximum Gasteiger partial charge on any atom is 0.341 e. The maximum absolute atomic E-state index is 12.9. The van der Waals surface area contributed by atoms with E-state index in [1.807, 2.05) is 11.8 Å². The van der Waals surface area contributed by atoms with Gasteiger partial charge in [0.25, 0.3) is 5.91 Å². The second-order valence-electron chi connectivity index (χ2n) is 6.12. The average molecular weight is 335 g/mol. The Balaban J connectivity index is 2.24. The van der Waals surface area contributed by atoms with Gasteiger partial charge in [-0.05, 0) is 58.2 Å². The largest absolute Gasteiger partial charge is 0.490 e. The van der Waals surface area contributed by atoms with Crippen LogP contribution in [0.4, 0.5) is 0 Å². The molecule has 1 aliphatic heterocycles. The maximum atomic E-state index is 12.9. The van der Waals surface area contributed by atoms with Gasteiger partial charge in [0.15, 0.2) is 18.1 Å². The number of likely N-dealkylation sites (tertiary alicyclic amines) is 1. The molecule has 1 aliphatic rings. The van der Waals surface area contributed by atoms with Gasteiger partial charge in [0.1, 0.15) is 0 Å². The summed E-state index contributed by atoms with van der Waals surface area (Å²) in [4.78, 5) is 25.5. The predicted molar refractivity (Wildman–Crippen MR) is 89.7 cm³/mol. The summed E-state index contributed by atoms with van der Waals surface area (Å²) in [6.07, 6.45) is 3.15. The first-order chi connectivity index (χ1) is 11.4. The number of carboxylic acids is 1. The van der Waals surface area contributed by atoms with Crippen molar-refractivity contribution >= 4 is 11.9 Å². The van der Waals surface area contributed by atoms with E-state index in [0.29, 0.717) is 23.7 Å². The molecule has 2 atom stereocenters. The fourth-order valence-corrected chi connectivity index (χ4v) is 3.14. The van der Waals surface area contributed by atoms with Crippen LogP contribution in [0.5, 0.6) is 11.5 Å². The molecule has 1 aromatic rings. The molecule has 0 aliphatic carbocycles. The summed E-state index contributed by atoms with van der Waals surface area (Å²) >= 11 is 0. The number of ether oxygens (including phenoxy) is 2. The lowest BCUT2D eigenvalue weighted by Gasteiger charge is -2.39. The minimum atomic E-state index is -1.06. The van der Waals surface area contributed by atoms with Crippen molar-refractivity contribution in [3.8, 4) is 11.5 Å². The third-order valence-electron chi connectivity index (χ3n) is 4.27. The molecule has 6 nitrogen and oxygen atoms in total. The van der Waals surface area contributed by atoms with Crippen molar-refractivity contribution in [1.82, 2.24) is 4.90 Å². The Hall–Kier alpha value is -2.24. The summed E-state index contributed by atoms with van der Waals surface area (Å²) in [7, 11) is 0. The van der Waals surface area contributed by atoms with Gasteiger partial charge in [0.05, 0.1) is 6.61 Å². The van der Waals surface area contributed by atoms with Crippen molar-refractivity contribution in [3.05, 3.63) is 23.8 Å². The van der Waals surface area contributed by atoms with E-state index in [1.165, 1.54) is 0 Å². The number of aliphatic carboxylic acids is 1. The Bertz CT molecular complexity index is 591. The minimum absolute atomic E-state index is 0.0274. The average Bonchev–Trinajstić information content (AvgIpc) is 2.53. The molecule has 0 aromatic heterocycles. The second kappa shape index (κ2) is 8.04. The standard InChI is InChI=1S/C18H25NO5/c1-4-23-16-10-14(8-9-15(16)24-11-17(20)21)18(22)19-12(2)6-5-7-13(19)3/h8-10,12-13H,4-7,11H2,1-3H3,(H,20,21). The molecule has 0 saturated carbocycles. The van der Waals surface area contributed by atoms with Gasteiger partial charge in [-0.15, -0.1) is 0 Å². The van der Waals surface area contributed by atoms with Crippen molar-refractivity contribution in [2.45, 2.75) is 52.1 Å². The normalized spacial score (nSPS) is 20.5. The topological polar surface area (TPSA) is 76.1 Å². The first kappa shape index (κ1) is 18.1. The van der Waals surface area contributed by atoms with Crippen molar-refractivity contribution in [2.75, 3.05) is 13.2 Å². The quantitative estimate of drug-likeness (QED) is 0.865. The van der Waals surface area contributed by atoms with Gasteiger partial charge >= 0.3 is 5.97 Å². The number of hydrogen-bond donors (Lipinski definition) is 1. The van der Waals surface area contributed by atoms with Crippen LogP contribution >= 0.6 is 0 Å². The van der Waals surface area contributed by atoms with Gasteiger partial charge in [-0.1, -0.05) is 0 Å². The van der Waals surface area contributed by atoms with E-state index in [1.54, 1.807) is 18.2 Å². The number of amides is 1. The molecular formula is C18H25NO5. The monoisotopic (exact) mass is 335 g/mol. The van der Waals surface area contributed by atoms with Crippen LogP contribution < -0.4 is 9.47 Å². The zero-order chi connectivity index (χ0) is 17.7. The van der Waals surface area contributed by atoms with Crippen molar-refractivity contribution in [2.24, 2.45) is 0 Å². The minimum Gasteiger partial charge on any atom is -0.490 e. The van der Waals surface area contributed by atoms with Crippen LogP contribution in [0.2, 0.25) is 0 Å². The van der Waals surface area contributed by atoms with Gasteiger partial charge < -0.3 is 19.5 Å². The van der Waals surface area contributed by atoms with E-state index in [4.69, 9.17) is 14.6 Å². The highest BCUT2D eigenvalue weighted by molar-refractivity contribution is 5.95. The van der Waals surface area contributed by atoms with E-state index in [2.05, 4.69) is 13.8 Å². The van der Waals surface area contributed by atoms with E-state index in [-0.39, 0.29) is 18.0 Å². The smallest absolute Gasteiger partial charge is 0.341 e. The van der Waals surface area contributed by atoms with E-state index < -0.39 is 12.6 Å². The highest BCUT2D eigenvalue weighted by atomic mass is 16.5. The molecule has 0 bridgehead atoms. The third-order valence-corrected chi connectivity index (χ3v) is 4.27. The van der Waals surface area contributed by atoms with E-state index in [9.17, 15) is 9.59 Å². The number of carboxylic acid groups (broad SMARTS) is 1. The van der Waals surface area contributed by atoms with Gasteiger partial charge in [-0.2, -0.15) is 0 Å². The molecular weight excluding hydrogens is 310 g/mol. The zero-order valence-electron chi connectivity index (χ0n) is 14.4. The number of hydrogen-bond acceptors (Lipinski definition) is 4. The highest BCUT2D eigenvalue weighted by Gasteiger charge is 2.30. The highest BCUT2D eigenvalue weighted by Crippen LogP contribution is 2.31. The van der Waals surface area contributed by atoms with Crippen LogP contribution in [0.25, 0.3) is 0 Å². The van der Waals surface area contributed by atoms with Gasteiger partial charge in [-0.3, -0.25) is 4.79 Å². The number of carbonyl (C=O) groups is 2. The summed E-state index contributed by atoms with van der Waals surface area (Å²) in [6, 6.07) is 5.31. The lowest BCUT2D eigenvalue weighted by molar-refractivity contribution is -0.139. The summed E-state index contributed by atoms with van der Waals surface area (Å²) in [5.74, 6) is -0.369. The second-order valence-corrected chi connectivity index (χ2v) is 6.12. The molecule has 24 heavy (non-hydrogen) atoms. The molecule has 1 fully saturated rings. The van der Waals surface area contributed by atoms with Gasteiger partial charge in [0, 0.05) is 17.6 Å². The summed E-state index contributed by atoms with van der Waals surface area (Å²) in [5.41, 5.74) is 0.529. The molecule has 6 heteroatoms. The summed E-state index contributed by atoms with van der Waals surface area (Å²) in [5, 5.41) is 8.74. The Morgan fingerprint density at radius 3 is 2.42 bits per heavy atom. The first-order valence-corrected chi connectivity index (χ1v) is 8.38. The van der Waals surface area contributed by atoms with Gasteiger partial charge in [0.2, 0.25) is 0 Å². The van der Waals surface area contributed by atoms with E-state index >= 15 is 0 Å². The van der Waals surface area contributed by atoms with Crippen molar-refractivity contribution in [1.29, 1.82) is 0 Å². The lowest BCUT2D eigenvalue weighted by Crippen LogP contribution is -2.47. The SMILES string of the molecule is CCOc1cc(C(=O)N2C(C)CCCC2C)ccc1OCC(=O)O. The summed E-state index contributed by atoms with van der Waals surface area (Å²) < 4.78 is 10.7. The first-order valence-electron chi connectivity index (χ1n) is 8.38. The van der Waals surface area contributed by atoms with E-state index in [0.717, 1.165) is 19.3 Å². The summed E-state index contributed by atoms with van der Waals surface area (Å²) in [6.45, 7) is 5.91. The third kappa shape index (κ3) is 4.19. The Kier molecular flexibility index (Phi) is 6.06. The van der Waals surface area contributed by atoms with Crippen molar-refractivity contribution < 1.29 is 24.2 Å². The predicted octanol–water partition coefficient (Wildman–Crippen LogP) is 2.95. The number of rotatable bonds is 6. The van der Waals surface area contributed by atoms with Crippen LogP contribution in [0.3, 0.4) is 0 Å². The molecule has 1 heterocycles. The molecule has 132 valence electrons. The molecule has 1 saturated heterocycles. The lowest BCUT2D eigenvalue weighted by atomic mass is 9.96.